The summed E-state index contributed by atoms with van der Waals surface area (Å²) in [5, 5.41) is 22.6. The van der Waals surface area contributed by atoms with Crippen LogP contribution in [0.5, 0.6) is 0 Å². The third kappa shape index (κ3) is 5.73. The van der Waals surface area contributed by atoms with Crippen molar-refractivity contribution in [2.45, 2.75) is 32.4 Å². The summed E-state index contributed by atoms with van der Waals surface area (Å²) in [6.07, 6.45) is -0.945. The van der Waals surface area contributed by atoms with E-state index in [1.165, 1.54) is 0 Å². The minimum Gasteiger partial charge on any atom is -0.481 e. The van der Waals surface area contributed by atoms with E-state index in [9.17, 15) is 9.90 Å². The molecule has 0 saturated carbocycles. The number of nitrogens with zero attached hydrogens (tertiary/aromatic N) is 1. The number of aliphatic hydroxyl groups is 1. The molecular formula is C16H26N2O3. The molecule has 0 radical (unpaired) electrons. The van der Waals surface area contributed by atoms with Crippen LogP contribution in [0.3, 0.4) is 0 Å². The molecule has 3 N–H and O–H groups in total. The molecule has 0 aliphatic carbocycles. The van der Waals surface area contributed by atoms with Gasteiger partial charge in [-0.25, -0.2) is 0 Å². The van der Waals surface area contributed by atoms with E-state index < -0.39 is 18.1 Å². The number of hydrogen-bond acceptors (Lipinski definition) is 4. The fourth-order valence-electron chi connectivity index (χ4n) is 2.07. The van der Waals surface area contributed by atoms with Crippen molar-refractivity contribution in [1.29, 1.82) is 0 Å². The summed E-state index contributed by atoms with van der Waals surface area (Å²) >= 11 is 0. The Bertz CT molecular complexity index is 443. The fourth-order valence-corrected chi connectivity index (χ4v) is 2.07. The van der Waals surface area contributed by atoms with Crippen molar-refractivity contribution in [3.63, 3.8) is 0 Å². The molecule has 21 heavy (non-hydrogen) atoms. The maximum atomic E-state index is 11.0. The molecule has 0 amide bonds. The molecule has 1 rings (SSSR count). The molecule has 0 aliphatic rings. The van der Waals surface area contributed by atoms with Crippen molar-refractivity contribution < 1.29 is 15.0 Å². The average Bonchev–Trinajstić information content (AvgIpc) is 2.42. The Labute approximate surface area is 126 Å². The third-order valence-electron chi connectivity index (χ3n) is 3.31. The Balaban J connectivity index is 2.82. The van der Waals surface area contributed by atoms with Gasteiger partial charge in [0.15, 0.2) is 0 Å². The lowest BCUT2D eigenvalue weighted by molar-refractivity contribution is -0.138. The molecule has 2 atom stereocenters. The Hall–Kier alpha value is -1.59. The number of anilines is 1. The molecular weight excluding hydrogens is 268 g/mol. The summed E-state index contributed by atoms with van der Waals surface area (Å²) in [5.41, 5.74) is 1.76. The number of aliphatic carboxylic acids is 1. The van der Waals surface area contributed by atoms with Crippen molar-refractivity contribution in [2.24, 2.45) is 5.92 Å². The zero-order valence-electron chi connectivity index (χ0n) is 13.2. The smallest absolute Gasteiger partial charge is 0.305 e. The van der Waals surface area contributed by atoms with Crippen LogP contribution in [-0.4, -0.2) is 42.9 Å². The maximum absolute atomic E-state index is 11.0. The van der Waals surface area contributed by atoms with Crippen LogP contribution in [0.1, 0.15) is 31.9 Å². The second-order valence-electron chi connectivity index (χ2n) is 5.94. The first-order valence-electron chi connectivity index (χ1n) is 7.21. The van der Waals surface area contributed by atoms with Gasteiger partial charge in [0.25, 0.3) is 0 Å². The first-order valence-corrected chi connectivity index (χ1v) is 7.21. The van der Waals surface area contributed by atoms with Gasteiger partial charge in [-0.2, -0.15) is 0 Å². The zero-order chi connectivity index (χ0) is 16.0. The van der Waals surface area contributed by atoms with Crippen molar-refractivity contribution in [3.8, 4) is 0 Å². The van der Waals surface area contributed by atoms with Crippen LogP contribution in [0.15, 0.2) is 24.3 Å². The molecule has 0 heterocycles. The minimum atomic E-state index is -0.916. The number of benzene rings is 1. The molecule has 0 aromatic heterocycles. The topological polar surface area (TPSA) is 72.8 Å². The molecule has 2 unspecified atom stereocenters. The Kier molecular flexibility index (Phi) is 6.65. The van der Waals surface area contributed by atoms with E-state index in [2.05, 4.69) is 5.32 Å². The number of hydrogen-bond donors (Lipinski definition) is 3. The summed E-state index contributed by atoms with van der Waals surface area (Å²) in [6.45, 7) is 4.76. The summed E-state index contributed by atoms with van der Waals surface area (Å²) in [4.78, 5) is 12.9. The quantitative estimate of drug-likeness (QED) is 0.683. The molecule has 0 bridgehead atoms. The monoisotopic (exact) mass is 294 g/mol. The SMILES string of the molecule is CC(C)CNC(CC(=O)O)C(O)c1ccc(N(C)C)cc1. The van der Waals surface area contributed by atoms with Crippen LogP contribution in [0.25, 0.3) is 0 Å². The van der Waals surface area contributed by atoms with E-state index >= 15 is 0 Å². The maximum Gasteiger partial charge on any atom is 0.305 e. The van der Waals surface area contributed by atoms with Crippen molar-refractivity contribution >= 4 is 11.7 Å². The Morgan fingerprint density at radius 2 is 1.81 bits per heavy atom. The summed E-state index contributed by atoms with van der Waals surface area (Å²) in [5.74, 6) is -0.523. The first-order chi connectivity index (χ1) is 9.81. The average molecular weight is 294 g/mol. The van der Waals surface area contributed by atoms with Gasteiger partial charge in [-0.15, -0.1) is 0 Å². The van der Waals surface area contributed by atoms with E-state index in [1.54, 1.807) is 0 Å². The standard InChI is InChI=1S/C16H26N2O3/c1-11(2)10-17-14(9-15(19)20)16(21)12-5-7-13(8-6-12)18(3)4/h5-8,11,14,16-17,21H,9-10H2,1-4H3,(H,19,20). The summed E-state index contributed by atoms with van der Waals surface area (Å²) in [7, 11) is 3.89. The highest BCUT2D eigenvalue weighted by atomic mass is 16.4. The van der Waals surface area contributed by atoms with Crippen LogP contribution in [-0.2, 0) is 4.79 Å². The fraction of sp³-hybridized carbons (Fsp3) is 0.562. The number of aliphatic hydroxyl groups excluding tert-OH is 1. The van der Waals surface area contributed by atoms with Crippen LogP contribution in [0, 0.1) is 5.92 Å². The zero-order valence-corrected chi connectivity index (χ0v) is 13.2. The second kappa shape index (κ2) is 8.00. The number of carboxylic acid groups (broad SMARTS) is 1. The Morgan fingerprint density at radius 1 is 1.24 bits per heavy atom. The van der Waals surface area contributed by atoms with Crippen LogP contribution >= 0.6 is 0 Å². The van der Waals surface area contributed by atoms with E-state index in [0.29, 0.717) is 12.5 Å². The highest BCUT2D eigenvalue weighted by Crippen LogP contribution is 2.22. The molecule has 0 fully saturated rings. The van der Waals surface area contributed by atoms with Gasteiger partial charge in [0, 0.05) is 25.8 Å². The molecule has 1 aromatic rings. The molecule has 0 spiro atoms. The van der Waals surface area contributed by atoms with Crippen molar-refractivity contribution in [1.82, 2.24) is 5.32 Å². The van der Waals surface area contributed by atoms with Gasteiger partial charge in [0.2, 0.25) is 0 Å². The van der Waals surface area contributed by atoms with Crippen molar-refractivity contribution in [3.05, 3.63) is 29.8 Å². The van der Waals surface area contributed by atoms with Gasteiger partial charge in [0.1, 0.15) is 0 Å². The number of nitrogens with one attached hydrogen (secondary N) is 1. The van der Waals surface area contributed by atoms with E-state index in [0.717, 1.165) is 11.3 Å². The van der Waals surface area contributed by atoms with Crippen LogP contribution in [0.2, 0.25) is 0 Å². The lowest BCUT2D eigenvalue weighted by atomic mass is 9.98. The van der Waals surface area contributed by atoms with E-state index in [4.69, 9.17) is 5.11 Å². The van der Waals surface area contributed by atoms with Crippen LogP contribution in [0.4, 0.5) is 5.69 Å². The molecule has 0 aliphatic heterocycles. The van der Waals surface area contributed by atoms with Gasteiger partial charge >= 0.3 is 5.97 Å². The number of carbonyl (C=O) groups is 1. The highest BCUT2D eigenvalue weighted by molar-refractivity contribution is 5.67. The third-order valence-corrected chi connectivity index (χ3v) is 3.31. The van der Waals surface area contributed by atoms with Gasteiger partial charge in [-0.1, -0.05) is 26.0 Å². The molecule has 5 nitrogen and oxygen atoms in total. The summed E-state index contributed by atoms with van der Waals surface area (Å²) < 4.78 is 0. The van der Waals surface area contributed by atoms with Gasteiger partial charge in [0.05, 0.1) is 12.5 Å². The molecule has 0 saturated heterocycles. The van der Waals surface area contributed by atoms with Gasteiger partial charge in [-0.3, -0.25) is 4.79 Å². The predicted octanol–water partition coefficient (Wildman–Crippen LogP) is 1.87. The number of carboxylic acids is 1. The van der Waals surface area contributed by atoms with Crippen LogP contribution < -0.4 is 10.2 Å². The molecule has 118 valence electrons. The lowest BCUT2D eigenvalue weighted by Crippen LogP contribution is -2.39. The highest BCUT2D eigenvalue weighted by Gasteiger charge is 2.23. The lowest BCUT2D eigenvalue weighted by Gasteiger charge is -2.24. The van der Waals surface area contributed by atoms with Crippen molar-refractivity contribution in [2.75, 3.05) is 25.5 Å². The Morgan fingerprint density at radius 3 is 2.24 bits per heavy atom. The molecule has 1 aromatic carbocycles. The molecule has 5 heteroatoms. The van der Waals surface area contributed by atoms with Gasteiger partial charge < -0.3 is 20.4 Å². The summed E-state index contributed by atoms with van der Waals surface area (Å²) in [6, 6.07) is 7.02. The van der Waals surface area contributed by atoms with E-state index in [-0.39, 0.29) is 6.42 Å². The second-order valence-corrected chi connectivity index (χ2v) is 5.94. The largest absolute Gasteiger partial charge is 0.481 e. The normalized spacial score (nSPS) is 14.0. The predicted molar refractivity (Wildman–Crippen MR) is 84.6 cm³/mol. The van der Waals surface area contributed by atoms with Gasteiger partial charge in [-0.05, 0) is 30.2 Å². The minimum absolute atomic E-state index is 0.108. The first kappa shape index (κ1) is 17.5. The number of rotatable bonds is 8. The van der Waals surface area contributed by atoms with E-state index in [1.807, 2.05) is 57.1 Å².